The number of terminal acetylenes is 1. The number of hydrogen-bond acceptors (Lipinski definition) is 3. The Labute approximate surface area is 92.3 Å². The number of hydrogen-bond donors (Lipinski definition) is 1. The maximum Gasteiger partial charge on any atom is 0.238 e. The fourth-order valence-electron chi connectivity index (χ4n) is 1.71. The number of nitrogen functional groups attached to an aromatic ring is 1. The summed E-state index contributed by atoms with van der Waals surface area (Å²) < 4.78 is 15.3. The van der Waals surface area contributed by atoms with E-state index in [-0.39, 0.29) is 22.9 Å². The third-order valence-electron chi connectivity index (χ3n) is 2.37. The fourth-order valence-corrected chi connectivity index (χ4v) is 1.71. The van der Waals surface area contributed by atoms with Gasteiger partial charge in [-0.3, -0.25) is 0 Å². The monoisotopic (exact) mass is 218 g/mol. The van der Waals surface area contributed by atoms with Crippen molar-refractivity contribution >= 4 is 11.5 Å². The molecule has 2 aromatic heterocycles. The van der Waals surface area contributed by atoms with E-state index in [0.29, 0.717) is 5.69 Å². The zero-order valence-corrected chi connectivity index (χ0v) is 9.03. The highest BCUT2D eigenvalue weighted by Crippen LogP contribution is 2.26. The number of halogens is 1. The number of rotatable bonds is 1. The van der Waals surface area contributed by atoms with E-state index in [0.717, 1.165) is 0 Å². The molecule has 0 aliphatic rings. The van der Waals surface area contributed by atoms with Gasteiger partial charge in [-0.05, 0) is 5.92 Å². The molecule has 82 valence electrons. The molecule has 0 bridgehead atoms. The SMILES string of the molecule is C#Cc1c(F)c2cnc(N)nn2c1C(C)C. The van der Waals surface area contributed by atoms with Crippen LogP contribution in [0.4, 0.5) is 10.3 Å². The summed E-state index contributed by atoms with van der Waals surface area (Å²) in [5, 5.41) is 3.97. The minimum absolute atomic E-state index is 0.0531. The van der Waals surface area contributed by atoms with E-state index in [9.17, 15) is 4.39 Å². The summed E-state index contributed by atoms with van der Waals surface area (Å²) in [4.78, 5) is 3.75. The summed E-state index contributed by atoms with van der Waals surface area (Å²) in [6, 6.07) is 0. The highest BCUT2D eigenvalue weighted by Gasteiger charge is 2.20. The van der Waals surface area contributed by atoms with Gasteiger partial charge in [-0.2, -0.15) is 0 Å². The summed E-state index contributed by atoms with van der Waals surface area (Å²) in [6.07, 6.45) is 6.65. The average Bonchev–Trinajstić information content (AvgIpc) is 2.50. The van der Waals surface area contributed by atoms with Crippen LogP contribution in [0.1, 0.15) is 31.0 Å². The molecule has 0 atom stereocenters. The van der Waals surface area contributed by atoms with Crippen molar-refractivity contribution in [2.75, 3.05) is 5.73 Å². The molecular weight excluding hydrogens is 207 g/mol. The van der Waals surface area contributed by atoms with Gasteiger partial charge in [0.15, 0.2) is 5.82 Å². The average molecular weight is 218 g/mol. The van der Waals surface area contributed by atoms with Gasteiger partial charge in [0.1, 0.15) is 5.52 Å². The molecule has 16 heavy (non-hydrogen) atoms. The van der Waals surface area contributed by atoms with Crippen LogP contribution in [0.3, 0.4) is 0 Å². The number of nitrogens with two attached hydrogens (primary N) is 1. The second-order valence-corrected chi connectivity index (χ2v) is 3.79. The van der Waals surface area contributed by atoms with Crippen molar-refractivity contribution in [3.63, 3.8) is 0 Å². The summed E-state index contributed by atoms with van der Waals surface area (Å²) in [7, 11) is 0. The first-order valence-corrected chi connectivity index (χ1v) is 4.85. The topological polar surface area (TPSA) is 56.2 Å². The summed E-state index contributed by atoms with van der Waals surface area (Å²) in [5.41, 5.74) is 6.61. The molecule has 0 fully saturated rings. The largest absolute Gasteiger partial charge is 0.367 e. The molecule has 0 aliphatic heterocycles. The van der Waals surface area contributed by atoms with Crippen molar-refractivity contribution in [1.82, 2.24) is 14.6 Å². The van der Waals surface area contributed by atoms with Crippen LogP contribution >= 0.6 is 0 Å². The zero-order chi connectivity index (χ0) is 11.9. The highest BCUT2D eigenvalue weighted by molar-refractivity contribution is 5.58. The van der Waals surface area contributed by atoms with E-state index in [1.54, 1.807) is 0 Å². The van der Waals surface area contributed by atoms with Gasteiger partial charge < -0.3 is 5.73 Å². The number of fused-ring (bicyclic) bond motifs is 1. The van der Waals surface area contributed by atoms with Crippen molar-refractivity contribution in [3.05, 3.63) is 23.3 Å². The molecule has 0 saturated carbocycles. The van der Waals surface area contributed by atoms with E-state index in [2.05, 4.69) is 16.0 Å². The van der Waals surface area contributed by atoms with E-state index >= 15 is 0 Å². The number of aromatic nitrogens is 3. The first-order chi connectivity index (χ1) is 7.56. The molecular formula is C11H11FN4. The molecule has 0 radical (unpaired) electrons. The normalized spacial score (nSPS) is 10.9. The smallest absolute Gasteiger partial charge is 0.238 e. The molecule has 0 saturated heterocycles. The van der Waals surface area contributed by atoms with Crippen LogP contribution in [0.2, 0.25) is 0 Å². The molecule has 2 rings (SSSR count). The molecule has 0 aromatic carbocycles. The molecule has 2 aromatic rings. The Hall–Kier alpha value is -2.09. The first kappa shape index (κ1) is 10.4. The number of nitrogens with zero attached hydrogens (tertiary/aromatic N) is 3. The van der Waals surface area contributed by atoms with Gasteiger partial charge in [0, 0.05) is 0 Å². The molecule has 0 aliphatic carbocycles. The fraction of sp³-hybridized carbons (Fsp3) is 0.273. The van der Waals surface area contributed by atoms with Crippen molar-refractivity contribution in [1.29, 1.82) is 0 Å². The van der Waals surface area contributed by atoms with Crippen LogP contribution in [-0.2, 0) is 0 Å². The maximum atomic E-state index is 13.9. The van der Waals surface area contributed by atoms with Crippen molar-refractivity contribution in [2.45, 2.75) is 19.8 Å². The van der Waals surface area contributed by atoms with Gasteiger partial charge >= 0.3 is 0 Å². The van der Waals surface area contributed by atoms with Crippen LogP contribution < -0.4 is 5.73 Å². The Bertz CT molecular complexity index is 592. The van der Waals surface area contributed by atoms with Crippen LogP contribution in [-0.4, -0.2) is 14.6 Å². The Morgan fingerprint density at radius 1 is 1.56 bits per heavy atom. The van der Waals surface area contributed by atoms with Gasteiger partial charge in [0.05, 0.1) is 17.5 Å². The van der Waals surface area contributed by atoms with E-state index in [1.165, 1.54) is 10.7 Å². The van der Waals surface area contributed by atoms with Crippen molar-refractivity contribution in [3.8, 4) is 12.3 Å². The summed E-state index contributed by atoms with van der Waals surface area (Å²) in [5.74, 6) is 2.03. The lowest BCUT2D eigenvalue weighted by Gasteiger charge is -2.05. The zero-order valence-electron chi connectivity index (χ0n) is 9.03. The molecule has 0 unspecified atom stereocenters. The third kappa shape index (κ3) is 1.31. The predicted octanol–water partition coefficient (Wildman–Crippen LogP) is 1.56. The summed E-state index contributed by atoms with van der Waals surface area (Å²) in [6.45, 7) is 3.83. The van der Waals surface area contributed by atoms with Gasteiger partial charge in [-0.1, -0.05) is 19.8 Å². The Balaban J connectivity index is 2.94. The Kier molecular flexibility index (Phi) is 2.27. The quantitative estimate of drug-likeness (QED) is 0.739. The number of anilines is 1. The highest BCUT2D eigenvalue weighted by atomic mass is 19.1. The van der Waals surface area contributed by atoms with E-state index in [1.807, 2.05) is 13.8 Å². The lowest BCUT2D eigenvalue weighted by Crippen LogP contribution is -2.05. The second-order valence-electron chi connectivity index (χ2n) is 3.79. The van der Waals surface area contributed by atoms with Gasteiger partial charge in [0.2, 0.25) is 5.95 Å². The molecule has 0 amide bonds. The van der Waals surface area contributed by atoms with Crippen molar-refractivity contribution in [2.24, 2.45) is 0 Å². The third-order valence-corrected chi connectivity index (χ3v) is 2.37. The van der Waals surface area contributed by atoms with E-state index < -0.39 is 5.82 Å². The van der Waals surface area contributed by atoms with Gasteiger partial charge in [-0.25, -0.2) is 13.9 Å². The lowest BCUT2D eigenvalue weighted by atomic mass is 10.1. The van der Waals surface area contributed by atoms with Gasteiger partial charge in [0.25, 0.3) is 0 Å². The summed E-state index contributed by atoms with van der Waals surface area (Å²) >= 11 is 0. The molecule has 5 heteroatoms. The van der Waals surface area contributed by atoms with Crippen LogP contribution in [0.25, 0.3) is 5.52 Å². The molecule has 4 nitrogen and oxygen atoms in total. The van der Waals surface area contributed by atoms with Gasteiger partial charge in [-0.15, -0.1) is 11.5 Å². The molecule has 2 heterocycles. The van der Waals surface area contributed by atoms with Crippen molar-refractivity contribution < 1.29 is 4.39 Å². The first-order valence-electron chi connectivity index (χ1n) is 4.85. The van der Waals surface area contributed by atoms with Crippen LogP contribution in [0, 0.1) is 18.2 Å². The minimum Gasteiger partial charge on any atom is -0.367 e. The van der Waals surface area contributed by atoms with Crippen LogP contribution in [0.5, 0.6) is 0 Å². The molecule has 2 N–H and O–H groups in total. The second kappa shape index (κ2) is 3.49. The maximum absolute atomic E-state index is 13.9. The minimum atomic E-state index is -0.466. The Morgan fingerprint density at radius 2 is 2.25 bits per heavy atom. The molecule has 0 spiro atoms. The van der Waals surface area contributed by atoms with Crippen LogP contribution in [0.15, 0.2) is 6.20 Å². The predicted molar refractivity (Wildman–Crippen MR) is 59.4 cm³/mol. The Morgan fingerprint density at radius 3 is 2.81 bits per heavy atom. The standard InChI is InChI=1S/C11H11FN4/c1-4-7-9(12)8-5-14-11(13)15-16(8)10(7)6(2)3/h1,5-6H,2-3H3,(H2,13,15). The lowest BCUT2D eigenvalue weighted by molar-refractivity contribution is 0.635. The van der Waals surface area contributed by atoms with E-state index in [4.69, 9.17) is 12.2 Å².